The number of hydrazine groups is 1. The van der Waals surface area contributed by atoms with Crippen molar-refractivity contribution in [2.45, 2.75) is 4.90 Å². The van der Waals surface area contributed by atoms with Crippen LogP contribution in [0.5, 0.6) is 5.75 Å². The van der Waals surface area contributed by atoms with E-state index in [1.54, 1.807) is 42.5 Å². The van der Waals surface area contributed by atoms with Crippen molar-refractivity contribution in [1.82, 2.24) is 10.3 Å². The van der Waals surface area contributed by atoms with E-state index in [1.807, 2.05) is 4.83 Å². The molecule has 0 bridgehead atoms. The van der Waals surface area contributed by atoms with Crippen molar-refractivity contribution in [2.75, 3.05) is 6.61 Å². The van der Waals surface area contributed by atoms with Crippen molar-refractivity contribution >= 4 is 27.5 Å². The fraction of sp³-hybridized carbons (Fsp3) is 0.0714. The Balaban J connectivity index is 1.84. The highest BCUT2D eigenvalue weighted by Gasteiger charge is 2.14. The molecule has 2 aromatic carbocycles. The first-order valence-electron chi connectivity index (χ1n) is 6.21. The van der Waals surface area contributed by atoms with Gasteiger partial charge in [0.2, 0.25) is 0 Å². The number of halogens is 1. The van der Waals surface area contributed by atoms with Gasteiger partial charge in [-0.15, -0.1) is 4.83 Å². The fourth-order valence-electron chi connectivity index (χ4n) is 1.50. The Hall–Kier alpha value is -2.09. The van der Waals surface area contributed by atoms with E-state index >= 15 is 0 Å². The number of amides is 1. The van der Waals surface area contributed by atoms with Crippen molar-refractivity contribution < 1.29 is 17.9 Å². The molecule has 0 aliphatic carbocycles. The molecule has 2 rings (SSSR count). The highest BCUT2D eigenvalue weighted by molar-refractivity contribution is 7.89. The average Bonchev–Trinajstić information content (AvgIpc) is 2.53. The second-order valence-corrected chi connectivity index (χ2v) is 6.33. The lowest BCUT2D eigenvalue weighted by molar-refractivity contribution is -0.123. The van der Waals surface area contributed by atoms with Gasteiger partial charge in [-0.05, 0) is 36.4 Å². The third kappa shape index (κ3) is 4.73. The molecule has 0 aromatic heterocycles. The van der Waals surface area contributed by atoms with Gasteiger partial charge in [-0.3, -0.25) is 10.2 Å². The maximum Gasteiger partial charge on any atom is 0.272 e. The third-order valence-electron chi connectivity index (χ3n) is 2.56. The second kappa shape index (κ2) is 7.26. The Bertz CT molecular complexity index is 733. The fourth-order valence-corrected chi connectivity index (χ4v) is 2.51. The predicted octanol–water partition coefficient (Wildman–Crippen LogP) is 1.73. The smallest absolute Gasteiger partial charge is 0.272 e. The average molecular weight is 341 g/mol. The zero-order valence-electron chi connectivity index (χ0n) is 11.3. The number of hydrogen-bond donors (Lipinski definition) is 2. The van der Waals surface area contributed by atoms with Crippen molar-refractivity contribution in [3.05, 3.63) is 59.6 Å². The van der Waals surface area contributed by atoms with Gasteiger partial charge in [-0.1, -0.05) is 29.8 Å². The van der Waals surface area contributed by atoms with Gasteiger partial charge in [-0.2, -0.15) is 0 Å². The lowest BCUT2D eigenvalue weighted by Gasteiger charge is -2.09. The van der Waals surface area contributed by atoms with Crippen LogP contribution in [0.2, 0.25) is 5.02 Å². The quantitative estimate of drug-likeness (QED) is 0.784. The second-order valence-electron chi connectivity index (χ2n) is 4.21. The van der Waals surface area contributed by atoms with Crippen molar-refractivity contribution in [3.8, 4) is 5.75 Å². The summed E-state index contributed by atoms with van der Waals surface area (Å²) in [6, 6.07) is 14.1. The summed E-state index contributed by atoms with van der Waals surface area (Å²) >= 11 is 5.72. The molecule has 0 saturated carbocycles. The molecule has 0 atom stereocenters. The normalized spacial score (nSPS) is 11.0. The summed E-state index contributed by atoms with van der Waals surface area (Å²) < 4.78 is 28.9. The summed E-state index contributed by atoms with van der Waals surface area (Å²) in [6.45, 7) is -0.334. The Morgan fingerprint density at radius 2 is 1.68 bits per heavy atom. The summed E-state index contributed by atoms with van der Waals surface area (Å²) in [5.41, 5.74) is 2.08. The molecular weight excluding hydrogens is 328 g/mol. The van der Waals surface area contributed by atoms with Crippen LogP contribution in [0.15, 0.2) is 59.5 Å². The molecule has 8 heteroatoms. The van der Waals surface area contributed by atoms with Crippen LogP contribution in [-0.2, 0) is 14.8 Å². The van der Waals surface area contributed by atoms with E-state index in [-0.39, 0.29) is 11.5 Å². The van der Waals surface area contributed by atoms with Crippen LogP contribution in [0.3, 0.4) is 0 Å². The molecule has 0 heterocycles. The predicted molar refractivity (Wildman–Crippen MR) is 81.9 cm³/mol. The van der Waals surface area contributed by atoms with Crippen LogP contribution in [0.25, 0.3) is 0 Å². The molecule has 0 spiro atoms. The van der Waals surface area contributed by atoms with Crippen LogP contribution >= 0.6 is 11.6 Å². The molecule has 0 fully saturated rings. The van der Waals surface area contributed by atoms with Crippen LogP contribution in [0.1, 0.15) is 0 Å². The first kappa shape index (κ1) is 16.3. The van der Waals surface area contributed by atoms with Crippen LogP contribution in [0.4, 0.5) is 0 Å². The minimum Gasteiger partial charge on any atom is -0.484 e. The number of sulfonamides is 1. The minimum atomic E-state index is -3.80. The minimum absolute atomic E-state index is 0.0499. The molecule has 0 aliphatic rings. The molecule has 0 aliphatic heterocycles. The van der Waals surface area contributed by atoms with E-state index in [0.29, 0.717) is 10.8 Å². The monoisotopic (exact) mass is 340 g/mol. The number of carbonyl (C=O) groups excluding carboxylic acids is 1. The number of ether oxygens (including phenoxy) is 1. The maximum atomic E-state index is 11.9. The topological polar surface area (TPSA) is 84.5 Å². The van der Waals surface area contributed by atoms with Gasteiger partial charge in [0.05, 0.1) is 4.90 Å². The van der Waals surface area contributed by atoms with Gasteiger partial charge in [0.25, 0.3) is 15.9 Å². The molecule has 2 aromatic rings. The largest absolute Gasteiger partial charge is 0.484 e. The maximum absolute atomic E-state index is 11.9. The van der Waals surface area contributed by atoms with E-state index in [9.17, 15) is 13.2 Å². The molecule has 6 nitrogen and oxygen atoms in total. The van der Waals surface area contributed by atoms with Gasteiger partial charge >= 0.3 is 0 Å². The summed E-state index contributed by atoms with van der Waals surface area (Å²) in [5, 5.41) is 0.549. The van der Waals surface area contributed by atoms with Gasteiger partial charge in [-0.25, -0.2) is 8.42 Å². The molecule has 0 saturated heterocycles. The van der Waals surface area contributed by atoms with Crippen LogP contribution in [0, 0.1) is 0 Å². The molecule has 0 radical (unpaired) electrons. The van der Waals surface area contributed by atoms with Crippen LogP contribution < -0.4 is 15.0 Å². The number of benzene rings is 2. The Morgan fingerprint density at radius 1 is 1.05 bits per heavy atom. The summed E-state index contributed by atoms with van der Waals surface area (Å²) in [7, 11) is -3.80. The standard InChI is InChI=1S/C14H13ClN2O4S/c15-11-6-8-12(9-7-11)21-10-14(18)16-17-22(19,20)13-4-2-1-3-5-13/h1-9,17H,10H2,(H,16,18). The zero-order chi connectivity index (χ0) is 16.0. The van der Waals surface area contributed by atoms with Gasteiger partial charge in [0.1, 0.15) is 5.75 Å². The molecule has 0 unspecified atom stereocenters. The number of carbonyl (C=O) groups is 1. The van der Waals surface area contributed by atoms with Gasteiger partial charge in [0.15, 0.2) is 6.61 Å². The van der Waals surface area contributed by atoms with Crippen LogP contribution in [-0.4, -0.2) is 20.9 Å². The Labute approximate surface area is 133 Å². The summed E-state index contributed by atoms with van der Waals surface area (Å²) in [6.07, 6.45) is 0. The SMILES string of the molecule is O=C(COc1ccc(Cl)cc1)NNS(=O)(=O)c1ccccc1. The summed E-state index contributed by atoms with van der Waals surface area (Å²) in [4.78, 5) is 13.6. The molecule has 22 heavy (non-hydrogen) atoms. The van der Waals surface area contributed by atoms with Gasteiger partial charge < -0.3 is 4.74 Å². The molecule has 1 amide bonds. The molecular formula is C14H13ClN2O4S. The van der Waals surface area contributed by atoms with Gasteiger partial charge in [0, 0.05) is 5.02 Å². The van der Waals surface area contributed by atoms with Crippen molar-refractivity contribution in [2.24, 2.45) is 0 Å². The number of nitrogens with one attached hydrogen (secondary N) is 2. The van der Waals surface area contributed by atoms with Crippen molar-refractivity contribution in [1.29, 1.82) is 0 Å². The third-order valence-corrected chi connectivity index (χ3v) is 4.08. The zero-order valence-corrected chi connectivity index (χ0v) is 12.9. The van der Waals surface area contributed by atoms with E-state index in [1.165, 1.54) is 12.1 Å². The van der Waals surface area contributed by atoms with E-state index in [0.717, 1.165) is 0 Å². The molecule has 2 N–H and O–H groups in total. The number of hydrogen-bond acceptors (Lipinski definition) is 4. The lowest BCUT2D eigenvalue weighted by Crippen LogP contribution is -2.43. The summed E-state index contributed by atoms with van der Waals surface area (Å²) in [5.74, 6) is -0.181. The highest BCUT2D eigenvalue weighted by atomic mass is 35.5. The first-order chi connectivity index (χ1) is 10.5. The first-order valence-corrected chi connectivity index (χ1v) is 8.07. The Morgan fingerprint density at radius 3 is 2.32 bits per heavy atom. The molecule has 116 valence electrons. The van der Waals surface area contributed by atoms with E-state index < -0.39 is 15.9 Å². The highest BCUT2D eigenvalue weighted by Crippen LogP contribution is 2.15. The van der Waals surface area contributed by atoms with Crippen molar-refractivity contribution in [3.63, 3.8) is 0 Å². The number of rotatable bonds is 6. The lowest BCUT2D eigenvalue weighted by atomic mass is 10.3. The van der Waals surface area contributed by atoms with E-state index in [4.69, 9.17) is 16.3 Å². The van der Waals surface area contributed by atoms with E-state index in [2.05, 4.69) is 5.43 Å². The Kier molecular flexibility index (Phi) is 5.37.